The molecule has 0 radical (unpaired) electrons. The fourth-order valence-corrected chi connectivity index (χ4v) is 4.15. The monoisotopic (exact) mass is 342 g/mol. The summed E-state index contributed by atoms with van der Waals surface area (Å²) >= 11 is 0. The van der Waals surface area contributed by atoms with Gasteiger partial charge in [0, 0.05) is 5.56 Å². The standard InChI is InChI=1S/C25H27N/c1-3-7-21(8-4-1)19-22-15-17-26(18-16-22)20-23-11-13-25(14-12-23)24-9-5-2-6-10-24/h1-14,22H,15-20H2/p+1. The lowest BCUT2D eigenvalue weighted by molar-refractivity contribution is -0.919. The summed E-state index contributed by atoms with van der Waals surface area (Å²) in [7, 11) is 0. The number of piperidine rings is 1. The zero-order chi connectivity index (χ0) is 17.6. The Bertz CT molecular complexity index is 785. The predicted octanol–water partition coefficient (Wildman–Crippen LogP) is 4.39. The summed E-state index contributed by atoms with van der Waals surface area (Å²) in [5.74, 6) is 0.863. The zero-order valence-electron chi connectivity index (χ0n) is 15.4. The predicted molar refractivity (Wildman–Crippen MR) is 109 cm³/mol. The van der Waals surface area contributed by atoms with Gasteiger partial charge in [0.2, 0.25) is 0 Å². The largest absolute Gasteiger partial charge is 0.331 e. The van der Waals surface area contributed by atoms with Gasteiger partial charge in [-0.05, 0) is 41.9 Å². The molecule has 0 atom stereocenters. The Morgan fingerprint density at radius 2 is 1.19 bits per heavy atom. The Labute approximate surface area is 157 Å². The van der Waals surface area contributed by atoms with Crippen molar-refractivity contribution >= 4 is 0 Å². The van der Waals surface area contributed by atoms with Gasteiger partial charge in [-0.2, -0.15) is 0 Å². The van der Waals surface area contributed by atoms with Crippen molar-refractivity contribution in [3.8, 4) is 11.1 Å². The van der Waals surface area contributed by atoms with Crippen LogP contribution < -0.4 is 4.90 Å². The Morgan fingerprint density at radius 3 is 1.85 bits per heavy atom. The third-order valence-electron chi connectivity index (χ3n) is 5.69. The maximum absolute atomic E-state index is 2.31. The van der Waals surface area contributed by atoms with E-state index in [1.165, 1.54) is 54.6 Å². The van der Waals surface area contributed by atoms with Gasteiger partial charge in [0.15, 0.2) is 0 Å². The van der Waals surface area contributed by atoms with Crippen LogP contribution in [0.2, 0.25) is 0 Å². The fourth-order valence-electron chi connectivity index (χ4n) is 4.15. The van der Waals surface area contributed by atoms with Gasteiger partial charge in [-0.25, -0.2) is 0 Å². The molecule has 3 aromatic carbocycles. The lowest BCUT2D eigenvalue weighted by atomic mass is 9.90. The van der Waals surface area contributed by atoms with E-state index in [-0.39, 0.29) is 0 Å². The second kappa shape index (κ2) is 8.33. The molecule has 1 aliphatic heterocycles. The Hall–Kier alpha value is -2.38. The normalized spacial score (nSPS) is 20.0. The van der Waals surface area contributed by atoms with Crippen LogP contribution >= 0.6 is 0 Å². The van der Waals surface area contributed by atoms with Crippen LogP contribution in [0.5, 0.6) is 0 Å². The molecule has 0 aliphatic carbocycles. The SMILES string of the molecule is c1ccc(CC2CC[NH+](Cc3ccc(-c4ccccc4)cc3)CC2)cc1. The third kappa shape index (κ3) is 4.42. The molecule has 1 nitrogen and oxygen atoms in total. The minimum atomic E-state index is 0.863. The minimum Gasteiger partial charge on any atom is -0.331 e. The number of benzene rings is 3. The van der Waals surface area contributed by atoms with Crippen molar-refractivity contribution in [3.63, 3.8) is 0 Å². The van der Waals surface area contributed by atoms with E-state index in [1.807, 2.05) is 0 Å². The van der Waals surface area contributed by atoms with Crippen LogP contribution in [0.4, 0.5) is 0 Å². The van der Waals surface area contributed by atoms with Crippen LogP contribution in [0.25, 0.3) is 11.1 Å². The van der Waals surface area contributed by atoms with Gasteiger partial charge in [0.1, 0.15) is 6.54 Å². The van der Waals surface area contributed by atoms with Crippen molar-refractivity contribution in [1.82, 2.24) is 0 Å². The van der Waals surface area contributed by atoms with E-state index in [9.17, 15) is 0 Å². The fraction of sp³-hybridized carbons (Fsp3) is 0.280. The molecular formula is C25H28N+. The van der Waals surface area contributed by atoms with E-state index in [2.05, 4.69) is 84.9 Å². The molecular weight excluding hydrogens is 314 g/mol. The zero-order valence-corrected chi connectivity index (χ0v) is 15.4. The van der Waals surface area contributed by atoms with Gasteiger partial charge in [-0.15, -0.1) is 0 Å². The third-order valence-corrected chi connectivity index (χ3v) is 5.69. The lowest BCUT2D eigenvalue weighted by Crippen LogP contribution is -3.11. The van der Waals surface area contributed by atoms with Crippen molar-refractivity contribution in [3.05, 3.63) is 96.1 Å². The van der Waals surface area contributed by atoms with Gasteiger partial charge in [0.25, 0.3) is 0 Å². The average molecular weight is 343 g/mol. The first kappa shape index (κ1) is 17.1. The van der Waals surface area contributed by atoms with E-state index in [4.69, 9.17) is 0 Å². The summed E-state index contributed by atoms with van der Waals surface area (Å²) in [6, 6.07) is 30.8. The average Bonchev–Trinajstić information content (AvgIpc) is 2.72. The second-order valence-corrected chi connectivity index (χ2v) is 7.62. The molecule has 0 aromatic heterocycles. The van der Waals surface area contributed by atoms with Crippen molar-refractivity contribution < 1.29 is 4.90 Å². The molecule has 0 unspecified atom stereocenters. The summed E-state index contributed by atoms with van der Waals surface area (Å²) in [5.41, 5.74) is 5.57. The maximum atomic E-state index is 2.31. The van der Waals surface area contributed by atoms with E-state index < -0.39 is 0 Å². The molecule has 132 valence electrons. The molecule has 1 heteroatoms. The summed E-state index contributed by atoms with van der Waals surface area (Å²) in [5, 5.41) is 0. The summed E-state index contributed by atoms with van der Waals surface area (Å²) in [6.07, 6.45) is 3.96. The second-order valence-electron chi connectivity index (χ2n) is 7.62. The molecule has 4 rings (SSSR count). The topological polar surface area (TPSA) is 4.44 Å². The van der Waals surface area contributed by atoms with E-state index in [0.717, 1.165) is 12.5 Å². The van der Waals surface area contributed by atoms with E-state index in [1.54, 1.807) is 4.90 Å². The highest BCUT2D eigenvalue weighted by Crippen LogP contribution is 2.19. The van der Waals surface area contributed by atoms with Crippen LogP contribution in [0, 0.1) is 5.92 Å². The molecule has 0 bridgehead atoms. The van der Waals surface area contributed by atoms with Crippen LogP contribution in [0.15, 0.2) is 84.9 Å². The molecule has 1 N–H and O–H groups in total. The van der Waals surface area contributed by atoms with Crippen molar-refractivity contribution in [2.24, 2.45) is 5.92 Å². The van der Waals surface area contributed by atoms with E-state index in [0.29, 0.717) is 0 Å². The van der Waals surface area contributed by atoms with Crippen LogP contribution in [0.3, 0.4) is 0 Å². The molecule has 1 heterocycles. The molecule has 0 saturated carbocycles. The summed E-state index contributed by atoms with van der Waals surface area (Å²) in [6.45, 7) is 3.77. The van der Waals surface area contributed by atoms with Gasteiger partial charge < -0.3 is 4.90 Å². The molecule has 1 fully saturated rings. The Balaban J connectivity index is 1.29. The quantitative estimate of drug-likeness (QED) is 0.701. The van der Waals surface area contributed by atoms with Gasteiger partial charge >= 0.3 is 0 Å². The van der Waals surface area contributed by atoms with Gasteiger partial charge in [0.05, 0.1) is 13.1 Å². The first-order valence-corrected chi connectivity index (χ1v) is 9.89. The molecule has 1 aliphatic rings. The first-order valence-electron chi connectivity index (χ1n) is 9.89. The highest BCUT2D eigenvalue weighted by atomic mass is 15.1. The molecule has 26 heavy (non-hydrogen) atoms. The van der Waals surface area contributed by atoms with Crippen LogP contribution in [0.1, 0.15) is 24.0 Å². The Kier molecular flexibility index (Phi) is 5.47. The van der Waals surface area contributed by atoms with E-state index >= 15 is 0 Å². The number of hydrogen-bond donors (Lipinski definition) is 1. The lowest BCUT2D eigenvalue weighted by Gasteiger charge is -2.29. The van der Waals surface area contributed by atoms with Crippen molar-refractivity contribution in [1.29, 1.82) is 0 Å². The molecule has 0 spiro atoms. The van der Waals surface area contributed by atoms with Crippen molar-refractivity contribution in [2.45, 2.75) is 25.8 Å². The number of hydrogen-bond acceptors (Lipinski definition) is 0. The number of quaternary nitrogens is 1. The highest BCUT2D eigenvalue weighted by Gasteiger charge is 2.22. The number of nitrogens with one attached hydrogen (secondary N) is 1. The van der Waals surface area contributed by atoms with Crippen LogP contribution in [-0.4, -0.2) is 13.1 Å². The van der Waals surface area contributed by atoms with Crippen molar-refractivity contribution in [2.75, 3.05) is 13.1 Å². The highest BCUT2D eigenvalue weighted by molar-refractivity contribution is 5.63. The first-order chi connectivity index (χ1) is 12.9. The summed E-state index contributed by atoms with van der Waals surface area (Å²) < 4.78 is 0. The molecule has 3 aromatic rings. The maximum Gasteiger partial charge on any atom is 0.103 e. The Morgan fingerprint density at radius 1 is 0.615 bits per heavy atom. The summed E-state index contributed by atoms with van der Waals surface area (Å²) in [4.78, 5) is 1.74. The number of likely N-dealkylation sites (tertiary alicyclic amines) is 1. The number of rotatable bonds is 5. The smallest absolute Gasteiger partial charge is 0.103 e. The van der Waals surface area contributed by atoms with Gasteiger partial charge in [-0.1, -0.05) is 84.9 Å². The molecule has 1 saturated heterocycles. The van der Waals surface area contributed by atoms with Gasteiger partial charge in [-0.3, -0.25) is 0 Å². The van der Waals surface area contributed by atoms with Crippen LogP contribution in [-0.2, 0) is 13.0 Å². The minimum absolute atomic E-state index is 0.863. The molecule has 0 amide bonds.